The van der Waals surface area contributed by atoms with Crippen molar-refractivity contribution in [2.45, 2.75) is 25.9 Å². The van der Waals surface area contributed by atoms with Gasteiger partial charge in [-0.25, -0.2) is 4.79 Å². The second-order valence-corrected chi connectivity index (χ2v) is 8.14. The van der Waals surface area contributed by atoms with Gasteiger partial charge in [-0.2, -0.15) is 0 Å². The molecule has 6 nitrogen and oxygen atoms in total. The Morgan fingerprint density at radius 3 is 2.43 bits per heavy atom. The molecule has 2 aromatic rings. The zero-order chi connectivity index (χ0) is 21.1. The topological polar surface area (TPSA) is 53.1 Å². The number of methoxy groups -OCH3 is 1. The van der Waals surface area contributed by atoms with E-state index in [4.69, 9.17) is 4.74 Å². The fraction of sp³-hybridized carbons (Fsp3) is 0.417. The SMILES string of the molecule is COC(=O)c1ccc(N2CCN(CC(=O)N3CCc4ccccc4C3)C(C)C2)cc1. The molecule has 2 heterocycles. The van der Waals surface area contributed by atoms with E-state index in [2.05, 4.69) is 34.9 Å². The molecule has 1 atom stereocenters. The fourth-order valence-electron chi connectivity index (χ4n) is 4.37. The van der Waals surface area contributed by atoms with E-state index in [0.717, 1.165) is 44.8 Å². The summed E-state index contributed by atoms with van der Waals surface area (Å²) in [7, 11) is 1.39. The van der Waals surface area contributed by atoms with Crippen LogP contribution in [0.25, 0.3) is 0 Å². The van der Waals surface area contributed by atoms with Gasteiger partial charge in [0.1, 0.15) is 0 Å². The summed E-state index contributed by atoms with van der Waals surface area (Å²) in [6.07, 6.45) is 0.937. The van der Waals surface area contributed by atoms with Gasteiger partial charge < -0.3 is 14.5 Å². The van der Waals surface area contributed by atoms with Gasteiger partial charge in [-0.15, -0.1) is 0 Å². The van der Waals surface area contributed by atoms with Crippen LogP contribution in [0.5, 0.6) is 0 Å². The maximum Gasteiger partial charge on any atom is 0.337 e. The average molecular weight is 408 g/mol. The minimum Gasteiger partial charge on any atom is -0.465 e. The molecule has 0 N–H and O–H groups in total. The zero-order valence-electron chi connectivity index (χ0n) is 17.7. The molecule has 30 heavy (non-hydrogen) atoms. The molecule has 158 valence electrons. The lowest BCUT2D eigenvalue weighted by Crippen LogP contribution is -2.55. The second-order valence-electron chi connectivity index (χ2n) is 8.14. The molecule has 2 aliphatic heterocycles. The van der Waals surface area contributed by atoms with Crippen molar-refractivity contribution in [1.29, 1.82) is 0 Å². The summed E-state index contributed by atoms with van der Waals surface area (Å²) in [5, 5.41) is 0. The fourth-order valence-corrected chi connectivity index (χ4v) is 4.37. The van der Waals surface area contributed by atoms with Crippen molar-refractivity contribution in [3.8, 4) is 0 Å². The van der Waals surface area contributed by atoms with Crippen LogP contribution >= 0.6 is 0 Å². The van der Waals surface area contributed by atoms with E-state index in [1.54, 1.807) is 12.1 Å². The number of piperazine rings is 1. The molecular formula is C24H29N3O3. The van der Waals surface area contributed by atoms with Crippen molar-refractivity contribution >= 4 is 17.6 Å². The maximum absolute atomic E-state index is 12.9. The number of ether oxygens (including phenoxy) is 1. The molecule has 0 saturated carbocycles. The van der Waals surface area contributed by atoms with Gasteiger partial charge in [-0.3, -0.25) is 9.69 Å². The Kier molecular flexibility index (Phi) is 6.04. The van der Waals surface area contributed by atoms with Gasteiger partial charge in [0.25, 0.3) is 0 Å². The number of benzene rings is 2. The summed E-state index contributed by atoms with van der Waals surface area (Å²) >= 11 is 0. The van der Waals surface area contributed by atoms with Crippen molar-refractivity contribution in [2.75, 3.05) is 44.7 Å². The minimum absolute atomic E-state index is 0.215. The highest BCUT2D eigenvalue weighted by Gasteiger charge is 2.28. The lowest BCUT2D eigenvalue weighted by atomic mass is 10.00. The lowest BCUT2D eigenvalue weighted by molar-refractivity contribution is -0.134. The first-order valence-corrected chi connectivity index (χ1v) is 10.6. The van der Waals surface area contributed by atoms with E-state index in [0.29, 0.717) is 12.1 Å². The van der Waals surface area contributed by atoms with Crippen LogP contribution in [-0.2, 0) is 22.5 Å². The first kappa shape index (κ1) is 20.4. The molecule has 0 radical (unpaired) electrons. The zero-order valence-corrected chi connectivity index (χ0v) is 17.7. The molecule has 1 fully saturated rings. The van der Waals surface area contributed by atoms with Gasteiger partial charge in [0.15, 0.2) is 0 Å². The number of amides is 1. The highest BCUT2D eigenvalue weighted by Crippen LogP contribution is 2.22. The average Bonchev–Trinajstić information content (AvgIpc) is 2.79. The molecule has 0 bridgehead atoms. The second kappa shape index (κ2) is 8.88. The Hall–Kier alpha value is -2.86. The summed E-state index contributed by atoms with van der Waals surface area (Å²) in [4.78, 5) is 31.1. The number of carbonyl (C=O) groups is 2. The number of anilines is 1. The van der Waals surface area contributed by atoms with Gasteiger partial charge in [0.05, 0.1) is 19.2 Å². The Balaban J connectivity index is 1.32. The van der Waals surface area contributed by atoms with E-state index in [1.165, 1.54) is 18.2 Å². The minimum atomic E-state index is -0.321. The van der Waals surface area contributed by atoms with Crippen LogP contribution < -0.4 is 4.90 Å². The molecule has 1 amide bonds. The monoisotopic (exact) mass is 407 g/mol. The Morgan fingerprint density at radius 2 is 1.73 bits per heavy atom. The van der Waals surface area contributed by atoms with Crippen molar-refractivity contribution in [3.63, 3.8) is 0 Å². The largest absolute Gasteiger partial charge is 0.465 e. The number of nitrogens with zero attached hydrogens (tertiary/aromatic N) is 3. The van der Waals surface area contributed by atoms with Crippen LogP contribution in [0.1, 0.15) is 28.4 Å². The third-order valence-corrected chi connectivity index (χ3v) is 6.24. The number of esters is 1. The smallest absolute Gasteiger partial charge is 0.337 e. The van der Waals surface area contributed by atoms with Gasteiger partial charge >= 0.3 is 5.97 Å². The van der Waals surface area contributed by atoms with Gasteiger partial charge in [0.2, 0.25) is 5.91 Å². The predicted molar refractivity (Wildman–Crippen MR) is 117 cm³/mol. The van der Waals surface area contributed by atoms with E-state index in [9.17, 15) is 9.59 Å². The molecule has 2 aliphatic rings. The number of rotatable bonds is 4. The molecule has 6 heteroatoms. The van der Waals surface area contributed by atoms with Gasteiger partial charge in [-0.05, 0) is 48.7 Å². The van der Waals surface area contributed by atoms with Crippen LogP contribution in [0, 0.1) is 0 Å². The van der Waals surface area contributed by atoms with Gasteiger partial charge in [-0.1, -0.05) is 24.3 Å². The van der Waals surface area contributed by atoms with Crippen molar-refractivity contribution < 1.29 is 14.3 Å². The summed E-state index contributed by atoms with van der Waals surface area (Å²) in [5.74, 6) is -0.106. The third-order valence-electron chi connectivity index (χ3n) is 6.24. The van der Waals surface area contributed by atoms with Crippen molar-refractivity contribution in [1.82, 2.24) is 9.80 Å². The summed E-state index contributed by atoms with van der Waals surface area (Å²) in [6.45, 7) is 6.72. The standard InChI is InChI=1S/C24H29N3O3/c1-18-15-26(22-9-7-20(8-10-22)24(29)30-2)14-13-25(18)17-23(28)27-12-11-19-5-3-4-6-21(19)16-27/h3-10,18H,11-17H2,1-2H3. The van der Waals surface area contributed by atoms with E-state index >= 15 is 0 Å². The number of fused-ring (bicyclic) bond motifs is 1. The number of hydrogen-bond donors (Lipinski definition) is 0. The van der Waals surface area contributed by atoms with Crippen LogP contribution in [-0.4, -0.2) is 67.6 Å². The number of hydrogen-bond acceptors (Lipinski definition) is 5. The maximum atomic E-state index is 12.9. The molecule has 0 aromatic heterocycles. The Labute approximate surface area is 178 Å². The van der Waals surface area contributed by atoms with Crippen LogP contribution in [0.15, 0.2) is 48.5 Å². The lowest BCUT2D eigenvalue weighted by Gasteiger charge is -2.41. The highest BCUT2D eigenvalue weighted by molar-refractivity contribution is 5.89. The quantitative estimate of drug-likeness (QED) is 0.730. The van der Waals surface area contributed by atoms with Crippen LogP contribution in [0.3, 0.4) is 0 Å². The Morgan fingerprint density at radius 1 is 1.00 bits per heavy atom. The normalized spacial score (nSPS) is 19.3. The van der Waals surface area contributed by atoms with Crippen molar-refractivity contribution in [3.05, 3.63) is 65.2 Å². The summed E-state index contributed by atoms with van der Waals surface area (Å²) < 4.78 is 4.76. The van der Waals surface area contributed by atoms with E-state index in [1.807, 2.05) is 23.1 Å². The molecule has 1 saturated heterocycles. The molecule has 0 spiro atoms. The Bertz CT molecular complexity index is 912. The number of carbonyl (C=O) groups excluding carboxylic acids is 2. The first-order valence-electron chi connectivity index (χ1n) is 10.6. The predicted octanol–water partition coefficient (Wildman–Crippen LogP) is 2.57. The molecule has 0 aliphatic carbocycles. The van der Waals surface area contributed by atoms with E-state index in [-0.39, 0.29) is 17.9 Å². The van der Waals surface area contributed by atoms with Crippen LogP contribution in [0.4, 0.5) is 5.69 Å². The highest BCUT2D eigenvalue weighted by atomic mass is 16.5. The molecule has 1 unspecified atom stereocenters. The van der Waals surface area contributed by atoms with Crippen molar-refractivity contribution in [2.24, 2.45) is 0 Å². The molecule has 4 rings (SSSR count). The molecular weight excluding hydrogens is 378 g/mol. The third kappa shape index (κ3) is 4.33. The van der Waals surface area contributed by atoms with Gasteiger partial charge in [0, 0.05) is 44.5 Å². The first-order chi connectivity index (χ1) is 14.5. The summed E-state index contributed by atoms with van der Waals surface area (Å²) in [5.41, 5.74) is 4.28. The summed E-state index contributed by atoms with van der Waals surface area (Å²) in [6, 6.07) is 16.2. The van der Waals surface area contributed by atoms with E-state index < -0.39 is 0 Å². The van der Waals surface area contributed by atoms with Crippen LogP contribution in [0.2, 0.25) is 0 Å². The molecule has 2 aromatic carbocycles.